The van der Waals surface area contributed by atoms with Gasteiger partial charge in [0.1, 0.15) is 0 Å². The molecule has 2 amide bonds. The number of hydrogen-bond donors (Lipinski definition) is 1. The number of likely N-dealkylation sites (tertiary alicyclic amines) is 1. The van der Waals surface area contributed by atoms with Gasteiger partial charge in [0, 0.05) is 32.5 Å². The number of carbonyl (C=O) groups excluding carboxylic acids is 1. The van der Waals surface area contributed by atoms with Crippen molar-refractivity contribution < 1.29 is 27.4 Å². The van der Waals surface area contributed by atoms with E-state index in [0.717, 1.165) is 25.0 Å². The van der Waals surface area contributed by atoms with Crippen molar-refractivity contribution in [1.82, 2.24) is 4.90 Å². The molecule has 0 aromatic heterocycles. The maximum Gasteiger partial charge on any atom is 0.416 e. The molecule has 5 nitrogen and oxygen atoms in total. The molecule has 0 radical (unpaired) electrons. The third kappa shape index (κ3) is 6.21. The predicted octanol–water partition coefficient (Wildman–Crippen LogP) is 3.61. The zero-order valence-corrected chi connectivity index (χ0v) is 14.1. The fourth-order valence-electron chi connectivity index (χ4n) is 2.67. The van der Waals surface area contributed by atoms with E-state index in [0.29, 0.717) is 38.8 Å². The van der Waals surface area contributed by atoms with Crippen molar-refractivity contribution in [3.63, 3.8) is 0 Å². The van der Waals surface area contributed by atoms with Gasteiger partial charge in [-0.3, -0.25) is 0 Å². The first-order valence-corrected chi connectivity index (χ1v) is 8.20. The number of hydrogen-bond acceptors (Lipinski definition) is 3. The molecule has 140 valence electrons. The first-order valence-electron chi connectivity index (χ1n) is 8.20. The summed E-state index contributed by atoms with van der Waals surface area (Å²) in [6, 6.07) is 4.27. The Labute approximate surface area is 145 Å². The first kappa shape index (κ1) is 19.5. The Bertz CT molecular complexity index is 558. The molecule has 1 aliphatic rings. The number of nitrogens with one attached hydrogen (secondary N) is 1. The normalized spacial score (nSPS) is 16.1. The second kappa shape index (κ2) is 9.05. The molecule has 8 heteroatoms. The fourth-order valence-corrected chi connectivity index (χ4v) is 2.67. The average molecular weight is 360 g/mol. The number of piperidine rings is 1. The second-order valence-corrected chi connectivity index (χ2v) is 6.01. The van der Waals surface area contributed by atoms with Crippen LogP contribution in [0.15, 0.2) is 24.3 Å². The van der Waals surface area contributed by atoms with E-state index in [1.807, 2.05) is 0 Å². The number of carbonyl (C=O) groups is 1. The van der Waals surface area contributed by atoms with Crippen LogP contribution in [-0.4, -0.2) is 51.0 Å². The number of urea groups is 1. The van der Waals surface area contributed by atoms with Gasteiger partial charge in [-0.1, -0.05) is 6.07 Å². The lowest BCUT2D eigenvalue weighted by Crippen LogP contribution is -2.41. The minimum absolute atomic E-state index is 0.143. The lowest BCUT2D eigenvalue weighted by molar-refractivity contribution is -0.137. The number of amides is 2. The van der Waals surface area contributed by atoms with Crippen LogP contribution in [0.2, 0.25) is 0 Å². The van der Waals surface area contributed by atoms with E-state index >= 15 is 0 Å². The van der Waals surface area contributed by atoms with Crippen LogP contribution in [0.5, 0.6) is 0 Å². The fraction of sp³-hybridized carbons (Fsp3) is 0.588. The predicted molar refractivity (Wildman–Crippen MR) is 87.5 cm³/mol. The van der Waals surface area contributed by atoms with Crippen molar-refractivity contribution in [3.8, 4) is 0 Å². The quantitative estimate of drug-likeness (QED) is 0.789. The Morgan fingerprint density at radius 1 is 1.28 bits per heavy atom. The molecule has 0 unspecified atom stereocenters. The van der Waals surface area contributed by atoms with E-state index in [2.05, 4.69) is 5.32 Å². The third-order valence-electron chi connectivity index (χ3n) is 4.13. The van der Waals surface area contributed by atoms with Crippen LogP contribution in [0.4, 0.5) is 23.7 Å². The Hall–Kier alpha value is -1.80. The molecule has 1 aliphatic heterocycles. The van der Waals surface area contributed by atoms with Gasteiger partial charge in [0.2, 0.25) is 0 Å². The number of ether oxygens (including phenoxy) is 2. The summed E-state index contributed by atoms with van der Waals surface area (Å²) in [5.74, 6) is 0.384. The summed E-state index contributed by atoms with van der Waals surface area (Å²) in [6.45, 7) is 2.85. The van der Waals surface area contributed by atoms with Crippen LogP contribution in [-0.2, 0) is 15.7 Å². The topological polar surface area (TPSA) is 50.8 Å². The smallest absolute Gasteiger partial charge is 0.382 e. The summed E-state index contributed by atoms with van der Waals surface area (Å²) in [5.41, 5.74) is -0.637. The summed E-state index contributed by atoms with van der Waals surface area (Å²) in [6.07, 6.45) is -2.81. The summed E-state index contributed by atoms with van der Waals surface area (Å²) in [7, 11) is 1.62. The number of alkyl halides is 3. The van der Waals surface area contributed by atoms with Crippen LogP contribution < -0.4 is 5.32 Å². The maximum atomic E-state index is 12.7. The van der Waals surface area contributed by atoms with Gasteiger partial charge in [-0.2, -0.15) is 13.2 Å². The third-order valence-corrected chi connectivity index (χ3v) is 4.13. The largest absolute Gasteiger partial charge is 0.416 e. The molecule has 2 rings (SSSR count). The van der Waals surface area contributed by atoms with Gasteiger partial charge in [0.15, 0.2) is 0 Å². The van der Waals surface area contributed by atoms with Crippen LogP contribution in [0.3, 0.4) is 0 Å². The minimum Gasteiger partial charge on any atom is -0.382 e. The van der Waals surface area contributed by atoms with E-state index in [1.165, 1.54) is 12.1 Å². The number of nitrogens with zero attached hydrogens (tertiary/aromatic N) is 1. The molecule has 1 heterocycles. The highest BCUT2D eigenvalue weighted by Crippen LogP contribution is 2.30. The summed E-state index contributed by atoms with van der Waals surface area (Å²) in [4.78, 5) is 13.8. The molecule has 0 spiro atoms. The molecule has 0 bridgehead atoms. The van der Waals surface area contributed by atoms with Gasteiger partial charge in [0.05, 0.1) is 18.8 Å². The maximum absolute atomic E-state index is 12.7. The zero-order chi connectivity index (χ0) is 18.3. The highest BCUT2D eigenvalue weighted by Gasteiger charge is 2.30. The molecular formula is C17H23F3N2O3. The summed E-state index contributed by atoms with van der Waals surface area (Å²) < 4.78 is 48.5. The Morgan fingerprint density at radius 2 is 2.00 bits per heavy atom. The van der Waals surface area contributed by atoms with Gasteiger partial charge >= 0.3 is 12.2 Å². The van der Waals surface area contributed by atoms with E-state index in [-0.39, 0.29) is 11.7 Å². The average Bonchev–Trinajstić information content (AvgIpc) is 2.59. The van der Waals surface area contributed by atoms with Gasteiger partial charge in [-0.15, -0.1) is 0 Å². The molecule has 1 N–H and O–H groups in total. The molecule has 1 fully saturated rings. The van der Waals surface area contributed by atoms with E-state index in [1.54, 1.807) is 12.0 Å². The van der Waals surface area contributed by atoms with E-state index in [9.17, 15) is 18.0 Å². The van der Waals surface area contributed by atoms with Crippen LogP contribution in [0.25, 0.3) is 0 Å². The molecule has 0 saturated carbocycles. The second-order valence-electron chi connectivity index (χ2n) is 6.01. The van der Waals surface area contributed by atoms with Gasteiger partial charge < -0.3 is 19.7 Å². The molecule has 1 saturated heterocycles. The monoisotopic (exact) mass is 360 g/mol. The van der Waals surface area contributed by atoms with Gasteiger partial charge in [-0.25, -0.2) is 4.79 Å². The number of methoxy groups -OCH3 is 1. The minimum atomic E-state index is -4.43. The van der Waals surface area contributed by atoms with Crippen molar-refractivity contribution in [1.29, 1.82) is 0 Å². The SMILES string of the molecule is COCCOCC1CCN(C(=O)Nc2cccc(C(F)(F)F)c2)CC1. The van der Waals surface area contributed by atoms with Crippen molar-refractivity contribution >= 4 is 11.7 Å². The van der Waals surface area contributed by atoms with Crippen molar-refractivity contribution in [3.05, 3.63) is 29.8 Å². The summed E-state index contributed by atoms with van der Waals surface area (Å²) in [5, 5.41) is 2.54. The number of halogens is 3. The van der Waals surface area contributed by atoms with E-state index < -0.39 is 11.7 Å². The van der Waals surface area contributed by atoms with Crippen molar-refractivity contribution in [2.75, 3.05) is 45.3 Å². The molecule has 1 aromatic rings. The van der Waals surface area contributed by atoms with E-state index in [4.69, 9.17) is 9.47 Å². The van der Waals surface area contributed by atoms with Crippen molar-refractivity contribution in [2.24, 2.45) is 5.92 Å². The Morgan fingerprint density at radius 3 is 2.64 bits per heavy atom. The molecule has 0 atom stereocenters. The summed E-state index contributed by atoms with van der Waals surface area (Å²) >= 11 is 0. The first-order chi connectivity index (χ1) is 11.9. The highest BCUT2D eigenvalue weighted by atomic mass is 19.4. The van der Waals surface area contributed by atoms with Gasteiger partial charge in [0.25, 0.3) is 0 Å². The standard InChI is InChI=1S/C17H23F3N2O3/c1-24-9-10-25-12-13-5-7-22(8-6-13)16(23)21-15-4-2-3-14(11-15)17(18,19)20/h2-4,11,13H,5-10,12H2,1H3,(H,21,23). The lowest BCUT2D eigenvalue weighted by atomic mass is 9.98. The molecule has 25 heavy (non-hydrogen) atoms. The number of anilines is 1. The molecular weight excluding hydrogens is 337 g/mol. The molecule has 1 aromatic carbocycles. The Balaban J connectivity index is 1.79. The highest BCUT2D eigenvalue weighted by molar-refractivity contribution is 5.89. The van der Waals surface area contributed by atoms with Crippen LogP contribution in [0, 0.1) is 5.92 Å². The lowest BCUT2D eigenvalue weighted by Gasteiger charge is -2.32. The zero-order valence-electron chi connectivity index (χ0n) is 14.1. The van der Waals surface area contributed by atoms with Crippen LogP contribution in [0.1, 0.15) is 18.4 Å². The van der Waals surface area contributed by atoms with Gasteiger partial charge in [-0.05, 0) is 37.0 Å². The number of benzene rings is 1. The van der Waals surface area contributed by atoms with Crippen molar-refractivity contribution in [2.45, 2.75) is 19.0 Å². The Kier molecular flexibility index (Phi) is 7.07. The van der Waals surface area contributed by atoms with Crippen LogP contribution >= 0.6 is 0 Å². The number of rotatable bonds is 6. The molecule has 0 aliphatic carbocycles.